The quantitative estimate of drug-likeness (QED) is 0.782. The summed E-state index contributed by atoms with van der Waals surface area (Å²) in [6.07, 6.45) is 2.81. The van der Waals surface area contributed by atoms with Gasteiger partial charge in [-0.2, -0.15) is 0 Å². The molecule has 2 rings (SSSR count). The summed E-state index contributed by atoms with van der Waals surface area (Å²) in [6, 6.07) is 4.62. The van der Waals surface area contributed by atoms with Crippen molar-refractivity contribution in [2.75, 3.05) is 26.2 Å². The number of ether oxygens (including phenoxy) is 1. The van der Waals surface area contributed by atoms with Crippen LogP contribution < -0.4 is 4.74 Å². The lowest BCUT2D eigenvalue weighted by Gasteiger charge is -2.14. The van der Waals surface area contributed by atoms with Crippen LogP contribution in [0.25, 0.3) is 0 Å². The maximum Gasteiger partial charge on any atom is 0.339 e. The van der Waals surface area contributed by atoms with E-state index >= 15 is 0 Å². The highest BCUT2D eigenvalue weighted by molar-refractivity contribution is 6.00. The Hall–Kier alpha value is -1.88. The van der Waals surface area contributed by atoms with Gasteiger partial charge in [-0.15, -0.1) is 0 Å². The van der Waals surface area contributed by atoms with Crippen LogP contribution in [-0.2, 0) is 0 Å². The summed E-state index contributed by atoms with van der Waals surface area (Å²) in [5.41, 5.74) is 0.485. The van der Waals surface area contributed by atoms with E-state index in [2.05, 4.69) is 4.90 Å². The molecule has 0 aromatic heterocycles. The fourth-order valence-corrected chi connectivity index (χ4v) is 2.56. The molecule has 1 aliphatic rings. The van der Waals surface area contributed by atoms with Gasteiger partial charge in [0.05, 0.1) is 6.61 Å². The molecule has 0 unspecified atom stereocenters. The minimum atomic E-state index is -1.08. The van der Waals surface area contributed by atoms with Crippen LogP contribution in [0, 0.1) is 0 Å². The van der Waals surface area contributed by atoms with Gasteiger partial charge in [0, 0.05) is 18.5 Å². The fourth-order valence-electron chi connectivity index (χ4n) is 2.56. The minimum Gasteiger partial charge on any atom is -0.493 e. The number of ketones is 1. The maximum absolute atomic E-state index is 12.2. The Morgan fingerprint density at radius 2 is 2.00 bits per heavy atom. The Morgan fingerprint density at radius 3 is 2.62 bits per heavy atom. The van der Waals surface area contributed by atoms with E-state index in [1.54, 1.807) is 19.1 Å². The van der Waals surface area contributed by atoms with Crippen molar-refractivity contribution in [3.8, 4) is 5.75 Å². The minimum absolute atomic E-state index is 0.0209. The van der Waals surface area contributed by atoms with E-state index in [4.69, 9.17) is 4.74 Å². The average molecular weight is 291 g/mol. The van der Waals surface area contributed by atoms with Gasteiger partial charge < -0.3 is 14.7 Å². The molecule has 1 fully saturated rings. The van der Waals surface area contributed by atoms with Crippen LogP contribution in [0.5, 0.6) is 5.75 Å². The highest BCUT2D eigenvalue weighted by atomic mass is 16.5. The van der Waals surface area contributed by atoms with Crippen molar-refractivity contribution in [1.82, 2.24) is 4.90 Å². The second kappa shape index (κ2) is 7.22. The molecule has 1 saturated heterocycles. The van der Waals surface area contributed by atoms with E-state index in [0.717, 1.165) is 19.6 Å². The van der Waals surface area contributed by atoms with Gasteiger partial charge in [-0.25, -0.2) is 4.79 Å². The van der Waals surface area contributed by atoms with Gasteiger partial charge in [-0.1, -0.05) is 0 Å². The number of carboxylic acid groups (broad SMARTS) is 1. The van der Waals surface area contributed by atoms with Gasteiger partial charge in [-0.3, -0.25) is 4.79 Å². The van der Waals surface area contributed by atoms with E-state index in [1.165, 1.54) is 18.9 Å². The lowest BCUT2D eigenvalue weighted by Crippen LogP contribution is -2.22. The SMILES string of the molecule is CCOc1ccc(C(=O)CCN2CCCC2)cc1C(=O)O. The zero-order valence-electron chi connectivity index (χ0n) is 12.3. The van der Waals surface area contributed by atoms with Gasteiger partial charge in [0.1, 0.15) is 11.3 Å². The van der Waals surface area contributed by atoms with Crippen molar-refractivity contribution in [2.45, 2.75) is 26.2 Å². The largest absolute Gasteiger partial charge is 0.493 e. The summed E-state index contributed by atoms with van der Waals surface area (Å²) < 4.78 is 5.27. The summed E-state index contributed by atoms with van der Waals surface area (Å²) in [5, 5.41) is 9.20. The molecule has 1 aliphatic heterocycles. The number of hydrogen-bond acceptors (Lipinski definition) is 4. The molecule has 1 heterocycles. The van der Waals surface area contributed by atoms with Crippen LogP contribution in [0.15, 0.2) is 18.2 Å². The molecule has 1 N–H and O–H groups in total. The molecule has 114 valence electrons. The van der Waals surface area contributed by atoms with E-state index in [-0.39, 0.29) is 11.3 Å². The Labute approximate surface area is 124 Å². The summed E-state index contributed by atoms with van der Waals surface area (Å²) >= 11 is 0. The van der Waals surface area contributed by atoms with Crippen molar-refractivity contribution < 1.29 is 19.4 Å². The molecule has 0 saturated carbocycles. The third-order valence-corrected chi connectivity index (χ3v) is 3.69. The van der Waals surface area contributed by atoms with Crippen molar-refractivity contribution in [2.24, 2.45) is 0 Å². The van der Waals surface area contributed by atoms with Crippen LogP contribution in [0.3, 0.4) is 0 Å². The molecule has 0 atom stereocenters. The molecule has 0 radical (unpaired) electrons. The first-order valence-corrected chi connectivity index (χ1v) is 7.37. The van der Waals surface area contributed by atoms with Crippen molar-refractivity contribution in [3.05, 3.63) is 29.3 Å². The van der Waals surface area contributed by atoms with Crippen molar-refractivity contribution in [3.63, 3.8) is 0 Å². The predicted molar refractivity (Wildman–Crippen MR) is 79.2 cm³/mol. The fraction of sp³-hybridized carbons (Fsp3) is 0.500. The highest BCUT2D eigenvalue weighted by Gasteiger charge is 2.17. The number of likely N-dealkylation sites (tertiary alicyclic amines) is 1. The van der Waals surface area contributed by atoms with Gasteiger partial charge in [0.15, 0.2) is 5.78 Å². The van der Waals surface area contributed by atoms with Gasteiger partial charge in [-0.05, 0) is 51.1 Å². The van der Waals surface area contributed by atoms with Crippen LogP contribution in [-0.4, -0.2) is 48.0 Å². The van der Waals surface area contributed by atoms with Crippen molar-refractivity contribution in [1.29, 1.82) is 0 Å². The van der Waals surface area contributed by atoms with E-state index in [0.29, 0.717) is 24.3 Å². The first kappa shape index (κ1) is 15.5. The van der Waals surface area contributed by atoms with Crippen LogP contribution in [0.1, 0.15) is 46.9 Å². The number of carbonyl (C=O) groups excluding carboxylic acids is 1. The predicted octanol–water partition coefficient (Wildman–Crippen LogP) is 2.45. The maximum atomic E-state index is 12.2. The summed E-state index contributed by atoms with van der Waals surface area (Å²) in [4.78, 5) is 25.7. The van der Waals surface area contributed by atoms with Crippen LogP contribution in [0.4, 0.5) is 0 Å². The Kier molecular flexibility index (Phi) is 5.33. The van der Waals surface area contributed by atoms with Crippen LogP contribution in [0.2, 0.25) is 0 Å². The summed E-state index contributed by atoms with van der Waals surface area (Å²) in [7, 11) is 0. The molecule has 21 heavy (non-hydrogen) atoms. The number of nitrogens with zero attached hydrogens (tertiary/aromatic N) is 1. The molecule has 0 amide bonds. The first-order valence-electron chi connectivity index (χ1n) is 7.37. The molecular weight excluding hydrogens is 270 g/mol. The molecule has 0 bridgehead atoms. The monoisotopic (exact) mass is 291 g/mol. The molecular formula is C16H21NO4. The smallest absolute Gasteiger partial charge is 0.339 e. The number of carboxylic acids is 1. The number of hydrogen-bond donors (Lipinski definition) is 1. The number of rotatable bonds is 7. The Balaban J connectivity index is 2.06. The third kappa shape index (κ3) is 4.04. The first-order chi connectivity index (χ1) is 10.1. The molecule has 0 aliphatic carbocycles. The molecule has 5 nitrogen and oxygen atoms in total. The van der Waals surface area contributed by atoms with Crippen LogP contribution >= 0.6 is 0 Å². The van der Waals surface area contributed by atoms with Gasteiger partial charge >= 0.3 is 5.97 Å². The van der Waals surface area contributed by atoms with E-state index < -0.39 is 5.97 Å². The standard InChI is InChI=1S/C16H21NO4/c1-2-21-15-6-5-12(11-13(15)16(19)20)14(18)7-10-17-8-3-4-9-17/h5-6,11H,2-4,7-10H2,1H3,(H,19,20). The molecule has 1 aromatic rings. The topological polar surface area (TPSA) is 66.8 Å². The second-order valence-corrected chi connectivity index (χ2v) is 5.17. The lowest BCUT2D eigenvalue weighted by atomic mass is 10.0. The van der Waals surface area contributed by atoms with Gasteiger partial charge in [0.2, 0.25) is 0 Å². The Bertz CT molecular complexity index is 521. The summed E-state index contributed by atoms with van der Waals surface area (Å²) in [6.45, 7) is 5.03. The Morgan fingerprint density at radius 1 is 1.29 bits per heavy atom. The van der Waals surface area contributed by atoms with E-state index in [9.17, 15) is 14.7 Å². The molecule has 1 aromatic carbocycles. The molecule has 5 heteroatoms. The normalized spacial score (nSPS) is 15.1. The zero-order valence-corrected chi connectivity index (χ0v) is 12.3. The number of benzene rings is 1. The van der Waals surface area contributed by atoms with Gasteiger partial charge in [0.25, 0.3) is 0 Å². The zero-order chi connectivity index (χ0) is 15.2. The number of aromatic carboxylic acids is 1. The number of carbonyl (C=O) groups is 2. The lowest BCUT2D eigenvalue weighted by molar-refractivity contribution is 0.0692. The van der Waals surface area contributed by atoms with Crippen molar-refractivity contribution >= 4 is 11.8 Å². The summed E-state index contributed by atoms with van der Waals surface area (Å²) in [5.74, 6) is -0.791. The average Bonchev–Trinajstić information content (AvgIpc) is 2.98. The molecule has 0 spiro atoms. The third-order valence-electron chi connectivity index (χ3n) is 3.69. The van der Waals surface area contributed by atoms with E-state index in [1.807, 2.05) is 0 Å². The number of Topliss-reactive ketones (excluding diaryl/α,β-unsaturated/α-hetero) is 1. The second-order valence-electron chi connectivity index (χ2n) is 5.17. The highest BCUT2D eigenvalue weighted by Crippen LogP contribution is 2.21.